The number of amides is 2. The Morgan fingerprint density at radius 2 is 1.79 bits per heavy atom. The first-order valence-corrected chi connectivity index (χ1v) is 9.37. The third kappa shape index (κ3) is 3.23. The van der Waals surface area contributed by atoms with E-state index in [-0.39, 0.29) is 17.9 Å². The molecule has 148 valence electrons. The number of aromatic nitrogens is 2. The van der Waals surface area contributed by atoms with Crippen molar-refractivity contribution in [1.29, 1.82) is 0 Å². The van der Waals surface area contributed by atoms with E-state index in [4.69, 9.17) is 16.3 Å². The number of methoxy groups -OCH3 is 1. The van der Waals surface area contributed by atoms with Crippen LogP contribution in [0.3, 0.4) is 0 Å². The van der Waals surface area contributed by atoms with Crippen molar-refractivity contribution in [3.63, 3.8) is 0 Å². The topological polar surface area (TPSA) is 84.4 Å². The van der Waals surface area contributed by atoms with Gasteiger partial charge in [0.1, 0.15) is 5.75 Å². The van der Waals surface area contributed by atoms with E-state index >= 15 is 0 Å². The van der Waals surface area contributed by atoms with Crippen LogP contribution < -0.4 is 15.2 Å². The van der Waals surface area contributed by atoms with Crippen molar-refractivity contribution in [3.8, 4) is 11.4 Å². The molecule has 1 aliphatic rings. The van der Waals surface area contributed by atoms with Gasteiger partial charge in [-0.1, -0.05) is 17.7 Å². The van der Waals surface area contributed by atoms with Crippen LogP contribution in [-0.2, 0) is 9.59 Å². The number of imide groups is 1. The van der Waals surface area contributed by atoms with Crippen LogP contribution in [0.2, 0.25) is 5.02 Å². The number of benzene rings is 2. The van der Waals surface area contributed by atoms with Crippen molar-refractivity contribution in [2.24, 2.45) is 0 Å². The lowest BCUT2D eigenvalue weighted by Gasteiger charge is -2.15. The Morgan fingerprint density at radius 3 is 2.45 bits per heavy atom. The van der Waals surface area contributed by atoms with E-state index in [0.717, 1.165) is 4.90 Å². The number of H-pyrrole nitrogens is 1. The maximum absolute atomic E-state index is 13.1. The van der Waals surface area contributed by atoms with Gasteiger partial charge in [-0.15, -0.1) is 0 Å². The number of halogens is 1. The molecule has 1 aromatic heterocycles. The van der Waals surface area contributed by atoms with Crippen molar-refractivity contribution >= 4 is 29.1 Å². The molecule has 2 heterocycles. The first-order valence-electron chi connectivity index (χ1n) is 8.99. The third-order valence-corrected chi connectivity index (χ3v) is 5.24. The average molecular weight is 412 g/mol. The highest BCUT2D eigenvalue weighted by molar-refractivity contribution is 6.30. The summed E-state index contributed by atoms with van der Waals surface area (Å²) >= 11 is 6.03. The fraction of sp³-hybridized carbons (Fsp3) is 0.190. The summed E-state index contributed by atoms with van der Waals surface area (Å²) in [5, 5.41) is 3.47. The maximum Gasteiger partial charge on any atom is 0.275 e. The van der Waals surface area contributed by atoms with Gasteiger partial charge in [-0.2, -0.15) is 0 Å². The molecule has 3 aromatic rings. The number of carbonyl (C=O) groups is 2. The molecular formula is C21H18ClN3O4. The average Bonchev–Trinajstić information content (AvgIpc) is 3.16. The molecule has 1 aliphatic heterocycles. The first-order chi connectivity index (χ1) is 13.9. The van der Waals surface area contributed by atoms with Gasteiger partial charge in [0.2, 0.25) is 11.8 Å². The van der Waals surface area contributed by atoms with Crippen molar-refractivity contribution in [2.75, 3.05) is 12.0 Å². The van der Waals surface area contributed by atoms with E-state index in [1.165, 1.54) is 11.8 Å². The summed E-state index contributed by atoms with van der Waals surface area (Å²) in [6, 6.07) is 13.5. The van der Waals surface area contributed by atoms with Crippen LogP contribution in [0.4, 0.5) is 5.69 Å². The summed E-state index contributed by atoms with van der Waals surface area (Å²) in [5.74, 6) is -0.985. The molecule has 2 amide bonds. The molecule has 1 N–H and O–H groups in total. The minimum atomic E-state index is -0.839. The second-order valence-electron chi connectivity index (χ2n) is 6.79. The molecule has 1 saturated heterocycles. The predicted molar refractivity (Wildman–Crippen MR) is 109 cm³/mol. The lowest BCUT2D eigenvalue weighted by atomic mass is 9.98. The fourth-order valence-electron chi connectivity index (χ4n) is 3.63. The predicted octanol–water partition coefficient (Wildman–Crippen LogP) is 3.18. The van der Waals surface area contributed by atoms with Crippen LogP contribution in [0.1, 0.15) is 23.6 Å². The van der Waals surface area contributed by atoms with Gasteiger partial charge in [-0.25, -0.2) is 9.58 Å². The number of aromatic amines is 1. The summed E-state index contributed by atoms with van der Waals surface area (Å²) in [7, 11) is 1.54. The molecular weight excluding hydrogens is 394 g/mol. The molecule has 1 fully saturated rings. The van der Waals surface area contributed by atoms with Gasteiger partial charge in [0.15, 0.2) is 0 Å². The second kappa shape index (κ2) is 7.25. The number of rotatable bonds is 4. The number of nitrogens with one attached hydrogen (secondary N) is 1. The van der Waals surface area contributed by atoms with Crippen LogP contribution in [-0.4, -0.2) is 28.7 Å². The smallest absolute Gasteiger partial charge is 0.275 e. The van der Waals surface area contributed by atoms with E-state index in [9.17, 15) is 14.4 Å². The molecule has 4 rings (SSSR count). The Hall–Kier alpha value is -3.32. The summed E-state index contributed by atoms with van der Waals surface area (Å²) in [6.45, 7) is 1.71. The Bertz CT molecular complexity index is 1160. The summed E-state index contributed by atoms with van der Waals surface area (Å²) in [4.78, 5) is 39.9. The van der Waals surface area contributed by atoms with Gasteiger partial charge in [-0.3, -0.25) is 19.5 Å². The molecule has 0 radical (unpaired) electrons. The highest BCUT2D eigenvalue weighted by Crippen LogP contribution is 2.33. The molecule has 0 spiro atoms. The zero-order valence-corrected chi connectivity index (χ0v) is 16.6. The Balaban J connectivity index is 1.71. The summed E-state index contributed by atoms with van der Waals surface area (Å²) < 4.78 is 6.45. The Morgan fingerprint density at radius 1 is 1.07 bits per heavy atom. The highest BCUT2D eigenvalue weighted by atomic mass is 35.5. The number of anilines is 1. The van der Waals surface area contributed by atoms with Gasteiger partial charge >= 0.3 is 0 Å². The molecule has 0 saturated carbocycles. The zero-order valence-electron chi connectivity index (χ0n) is 15.8. The van der Waals surface area contributed by atoms with Crippen LogP contribution in [0.5, 0.6) is 5.75 Å². The largest absolute Gasteiger partial charge is 0.497 e. The maximum atomic E-state index is 13.1. The monoisotopic (exact) mass is 411 g/mol. The van der Waals surface area contributed by atoms with E-state index in [1.807, 2.05) is 0 Å². The number of hydrogen-bond acceptors (Lipinski definition) is 4. The zero-order chi connectivity index (χ0) is 20.7. The Kier molecular flexibility index (Phi) is 4.76. The second-order valence-corrected chi connectivity index (χ2v) is 7.23. The highest BCUT2D eigenvalue weighted by Gasteiger charge is 2.43. The van der Waals surface area contributed by atoms with Crippen LogP contribution in [0.25, 0.3) is 5.69 Å². The summed E-state index contributed by atoms with van der Waals surface area (Å²) in [5.41, 5.74) is 1.47. The quantitative estimate of drug-likeness (QED) is 0.668. The lowest BCUT2D eigenvalue weighted by Crippen LogP contribution is -2.31. The standard InChI is InChI=1S/C21H18ClN3O4/c1-12-19(21(28)25(23-12)15-5-3-4-13(22)10-15)17-11-18(26)24(20(17)27)14-6-8-16(29-2)9-7-14/h3-10,17,23H,11H2,1-2H3. The van der Waals surface area contributed by atoms with Crippen LogP contribution in [0.15, 0.2) is 53.3 Å². The molecule has 8 heteroatoms. The third-order valence-electron chi connectivity index (χ3n) is 5.01. The number of ether oxygens (including phenoxy) is 1. The van der Waals surface area contributed by atoms with Gasteiger partial charge in [0, 0.05) is 17.1 Å². The molecule has 7 nitrogen and oxygen atoms in total. The van der Waals surface area contributed by atoms with E-state index in [0.29, 0.717) is 33.4 Å². The SMILES string of the molecule is COc1ccc(N2C(=O)CC(c3c(C)[nH]n(-c4cccc(Cl)c4)c3=O)C2=O)cc1. The first kappa shape index (κ1) is 19.0. The molecule has 1 unspecified atom stereocenters. The van der Waals surface area contributed by atoms with E-state index < -0.39 is 11.8 Å². The summed E-state index contributed by atoms with van der Waals surface area (Å²) in [6.07, 6.45) is -0.0612. The minimum absolute atomic E-state index is 0.0612. The molecule has 1 atom stereocenters. The van der Waals surface area contributed by atoms with Crippen molar-refractivity contribution in [2.45, 2.75) is 19.3 Å². The number of hydrogen-bond donors (Lipinski definition) is 1. The van der Waals surface area contributed by atoms with E-state index in [2.05, 4.69) is 5.10 Å². The van der Waals surface area contributed by atoms with Crippen molar-refractivity contribution in [3.05, 3.63) is 75.2 Å². The Labute approximate surface area is 171 Å². The van der Waals surface area contributed by atoms with Gasteiger partial charge in [0.25, 0.3) is 5.56 Å². The van der Waals surface area contributed by atoms with Crippen molar-refractivity contribution < 1.29 is 14.3 Å². The number of aryl methyl sites for hydroxylation is 1. The lowest BCUT2D eigenvalue weighted by molar-refractivity contribution is -0.121. The van der Waals surface area contributed by atoms with Crippen LogP contribution >= 0.6 is 11.6 Å². The number of nitrogens with zero attached hydrogens (tertiary/aromatic N) is 2. The van der Waals surface area contributed by atoms with Crippen molar-refractivity contribution in [1.82, 2.24) is 9.78 Å². The fourth-order valence-corrected chi connectivity index (χ4v) is 3.81. The van der Waals surface area contributed by atoms with E-state index in [1.54, 1.807) is 55.5 Å². The molecule has 2 aromatic carbocycles. The minimum Gasteiger partial charge on any atom is -0.497 e. The van der Waals surface area contributed by atoms with Gasteiger partial charge < -0.3 is 4.74 Å². The normalized spacial score (nSPS) is 16.5. The molecule has 0 aliphatic carbocycles. The van der Waals surface area contributed by atoms with Gasteiger partial charge in [0.05, 0.1) is 30.0 Å². The molecule has 0 bridgehead atoms. The van der Waals surface area contributed by atoms with Crippen LogP contribution in [0, 0.1) is 6.92 Å². The van der Waals surface area contributed by atoms with Gasteiger partial charge in [-0.05, 0) is 49.4 Å². The number of carbonyl (C=O) groups excluding carboxylic acids is 2. The molecule has 29 heavy (non-hydrogen) atoms.